The summed E-state index contributed by atoms with van der Waals surface area (Å²) in [5.41, 5.74) is 2.18. The highest BCUT2D eigenvalue weighted by molar-refractivity contribution is 7.92. The van der Waals surface area contributed by atoms with Gasteiger partial charge in [0, 0.05) is 18.1 Å². The Morgan fingerprint density at radius 3 is 1.84 bits per heavy atom. The number of amides is 1. The van der Waals surface area contributed by atoms with Crippen LogP contribution in [0.2, 0.25) is 5.02 Å². The highest BCUT2D eigenvalue weighted by Crippen LogP contribution is 2.33. The molecule has 0 aliphatic heterocycles. The summed E-state index contributed by atoms with van der Waals surface area (Å²) in [5.74, 6) is 0.0274. The van der Waals surface area contributed by atoms with Gasteiger partial charge in [0.25, 0.3) is 10.0 Å². The van der Waals surface area contributed by atoms with Crippen LogP contribution in [0.5, 0.6) is 5.75 Å². The number of ether oxygens (including phenoxy) is 1. The van der Waals surface area contributed by atoms with E-state index < -0.39 is 16.6 Å². The number of carbonyl (C=O) groups is 1. The molecule has 1 amide bonds. The molecule has 38 heavy (non-hydrogen) atoms. The minimum Gasteiger partial charge on any atom is -0.492 e. The molecule has 0 unspecified atom stereocenters. The normalized spacial score (nSPS) is 11.1. The van der Waals surface area contributed by atoms with Gasteiger partial charge in [0.15, 0.2) is 0 Å². The molecule has 0 aromatic heterocycles. The molecule has 0 heterocycles. The predicted molar refractivity (Wildman–Crippen MR) is 151 cm³/mol. The number of sulfonamides is 1. The van der Waals surface area contributed by atoms with Gasteiger partial charge < -0.3 is 9.64 Å². The van der Waals surface area contributed by atoms with Gasteiger partial charge in [-0.25, -0.2) is 8.42 Å². The fourth-order valence-electron chi connectivity index (χ4n) is 4.04. The molecule has 0 spiro atoms. The fourth-order valence-corrected chi connectivity index (χ4v) is 5.59. The Balaban J connectivity index is 1.74. The summed E-state index contributed by atoms with van der Waals surface area (Å²) in [6, 6.07) is 32.0. The van der Waals surface area contributed by atoms with Crippen molar-refractivity contribution in [2.45, 2.75) is 24.9 Å². The quantitative estimate of drug-likeness (QED) is 0.225. The molecule has 0 atom stereocenters. The Morgan fingerprint density at radius 2 is 1.29 bits per heavy atom. The Morgan fingerprint density at radius 1 is 0.763 bits per heavy atom. The summed E-state index contributed by atoms with van der Waals surface area (Å²) in [6.07, 6.45) is 0. The molecule has 0 N–H and O–H groups in total. The van der Waals surface area contributed by atoms with Crippen molar-refractivity contribution in [3.8, 4) is 5.75 Å². The van der Waals surface area contributed by atoms with E-state index in [0.29, 0.717) is 30.5 Å². The monoisotopic (exact) mass is 548 g/mol. The Kier molecular flexibility index (Phi) is 9.05. The van der Waals surface area contributed by atoms with Gasteiger partial charge in [-0.3, -0.25) is 9.10 Å². The molecule has 6 nitrogen and oxygen atoms in total. The summed E-state index contributed by atoms with van der Waals surface area (Å²) in [7, 11) is -4.14. The first kappa shape index (κ1) is 27.2. The van der Waals surface area contributed by atoms with E-state index in [1.54, 1.807) is 29.2 Å². The number of rotatable bonds is 11. The first-order valence-electron chi connectivity index (χ1n) is 12.2. The third kappa shape index (κ3) is 6.73. The first-order valence-corrected chi connectivity index (χ1v) is 14.1. The molecule has 196 valence electrons. The third-order valence-corrected chi connectivity index (χ3v) is 7.93. The highest BCUT2D eigenvalue weighted by atomic mass is 35.5. The predicted octanol–water partition coefficient (Wildman–Crippen LogP) is 6.16. The van der Waals surface area contributed by atoms with Gasteiger partial charge in [0.2, 0.25) is 5.91 Å². The molecule has 0 saturated carbocycles. The van der Waals surface area contributed by atoms with Crippen LogP contribution in [0, 0.1) is 0 Å². The van der Waals surface area contributed by atoms with E-state index in [-0.39, 0.29) is 16.5 Å². The summed E-state index contributed by atoms with van der Waals surface area (Å²) in [4.78, 5) is 15.6. The molecule has 0 fully saturated rings. The van der Waals surface area contributed by atoms with E-state index in [1.165, 1.54) is 24.3 Å². The van der Waals surface area contributed by atoms with Gasteiger partial charge in [0.05, 0.1) is 17.2 Å². The van der Waals surface area contributed by atoms with Crippen molar-refractivity contribution in [1.82, 2.24) is 4.90 Å². The van der Waals surface area contributed by atoms with Gasteiger partial charge in [-0.1, -0.05) is 84.4 Å². The molecule has 4 rings (SSSR count). The van der Waals surface area contributed by atoms with Crippen molar-refractivity contribution in [2.75, 3.05) is 17.5 Å². The molecule has 0 aliphatic carbocycles. The van der Waals surface area contributed by atoms with E-state index in [4.69, 9.17) is 16.3 Å². The SMILES string of the molecule is CCOc1ccccc1N(CC(=O)N(Cc1ccccc1)Cc1ccccc1)S(=O)(=O)c1ccc(Cl)cc1. The molecular formula is C30H29ClN2O4S. The number of anilines is 1. The second kappa shape index (κ2) is 12.6. The van der Waals surface area contributed by atoms with Gasteiger partial charge in [-0.05, 0) is 54.4 Å². The van der Waals surface area contributed by atoms with Gasteiger partial charge in [0.1, 0.15) is 12.3 Å². The van der Waals surface area contributed by atoms with Crippen molar-refractivity contribution < 1.29 is 17.9 Å². The summed E-state index contributed by atoms with van der Waals surface area (Å²) >= 11 is 6.02. The molecule has 4 aromatic carbocycles. The first-order chi connectivity index (χ1) is 18.4. The number of benzene rings is 4. The largest absolute Gasteiger partial charge is 0.492 e. The number of hydrogen-bond acceptors (Lipinski definition) is 4. The molecule has 0 saturated heterocycles. The molecule has 0 bridgehead atoms. The van der Waals surface area contributed by atoms with Crippen LogP contribution in [0.15, 0.2) is 114 Å². The lowest BCUT2D eigenvalue weighted by atomic mass is 10.1. The zero-order valence-electron chi connectivity index (χ0n) is 21.0. The number of hydrogen-bond donors (Lipinski definition) is 0. The number of para-hydroxylation sites is 2. The van der Waals surface area contributed by atoms with Gasteiger partial charge in [-0.15, -0.1) is 0 Å². The van der Waals surface area contributed by atoms with Crippen molar-refractivity contribution in [2.24, 2.45) is 0 Å². The van der Waals surface area contributed by atoms with Crippen LogP contribution in [0.4, 0.5) is 5.69 Å². The minimum atomic E-state index is -4.14. The standard InChI is InChI=1S/C30H29ClN2O4S/c1-2-37-29-16-10-9-15-28(29)33(38(35,36)27-19-17-26(31)18-20-27)23-30(34)32(21-24-11-5-3-6-12-24)22-25-13-7-4-8-14-25/h3-20H,2,21-23H2,1H3. The maximum atomic E-state index is 13.9. The summed E-state index contributed by atoms with van der Waals surface area (Å²) in [5, 5.41) is 0.415. The van der Waals surface area contributed by atoms with Crippen molar-refractivity contribution in [1.29, 1.82) is 0 Å². The van der Waals surface area contributed by atoms with E-state index in [9.17, 15) is 13.2 Å². The number of carbonyl (C=O) groups excluding carboxylic acids is 1. The van der Waals surface area contributed by atoms with Crippen molar-refractivity contribution in [3.63, 3.8) is 0 Å². The zero-order valence-corrected chi connectivity index (χ0v) is 22.6. The fraction of sp³-hybridized carbons (Fsp3) is 0.167. The summed E-state index contributed by atoms with van der Waals surface area (Å²) in [6.45, 7) is 2.41. The van der Waals surface area contributed by atoms with Crippen LogP contribution < -0.4 is 9.04 Å². The third-order valence-electron chi connectivity index (χ3n) is 5.90. The molecule has 8 heteroatoms. The second-order valence-electron chi connectivity index (χ2n) is 8.59. The highest BCUT2D eigenvalue weighted by Gasteiger charge is 2.31. The topological polar surface area (TPSA) is 66.9 Å². The van der Waals surface area contributed by atoms with E-state index >= 15 is 0 Å². The van der Waals surface area contributed by atoms with Gasteiger partial charge >= 0.3 is 0 Å². The van der Waals surface area contributed by atoms with Crippen LogP contribution in [-0.4, -0.2) is 32.4 Å². The second-order valence-corrected chi connectivity index (χ2v) is 10.9. The lowest BCUT2D eigenvalue weighted by molar-refractivity contribution is -0.130. The molecule has 4 aromatic rings. The van der Waals surface area contributed by atoms with Crippen LogP contribution in [0.1, 0.15) is 18.1 Å². The van der Waals surface area contributed by atoms with E-state index in [0.717, 1.165) is 15.4 Å². The Bertz CT molecular complexity index is 1410. The van der Waals surface area contributed by atoms with E-state index in [1.807, 2.05) is 67.6 Å². The van der Waals surface area contributed by atoms with Crippen molar-refractivity contribution in [3.05, 3.63) is 125 Å². The zero-order chi connectivity index (χ0) is 27.0. The van der Waals surface area contributed by atoms with Crippen LogP contribution in [0.25, 0.3) is 0 Å². The van der Waals surface area contributed by atoms with Crippen molar-refractivity contribution >= 4 is 33.2 Å². The van der Waals surface area contributed by atoms with Crippen LogP contribution >= 0.6 is 11.6 Å². The Hall–Kier alpha value is -3.81. The average molecular weight is 549 g/mol. The number of halogens is 1. The smallest absolute Gasteiger partial charge is 0.264 e. The van der Waals surface area contributed by atoms with Gasteiger partial charge in [-0.2, -0.15) is 0 Å². The maximum Gasteiger partial charge on any atom is 0.264 e. The van der Waals surface area contributed by atoms with E-state index in [2.05, 4.69) is 0 Å². The summed E-state index contributed by atoms with van der Waals surface area (Å²) < 4.78 is 34.7. The number of nitrogens with zero attached hydrogens (tertiary/aromatic N) is 2. The lowest BCUT2D eigenvalue weighted by Crippen LogP contribution is -2.42. The molecule has 0 radical (unpaired) electrons. The lowest BCUT2D eigenvalue weighted by Gasteiger charge is -2.29. The minimum absolute atomic E-state index is 0.0265. The average Bonchev–Trinajstić information content (AvgIpc) is 2.93. The maximum absolute atomic E-state index is 13.9. The molecule has 0 aliphatic rings. The van der Waals surface area contributed by atoms with Crippen LogP contribution in [-0.2, 0) is 27.9 Å². The Labute approximate surface area is 229 Å². The van der Waals surface area contributed by atoms with Crippen LogP contribution in [0.3, 0.4) is 0 Å². The molecular weight excluding hydrogens is 520 g/mol.